The van der Waals surface area contributed by atoms with Gasteiger partial charge < -0.3 is 34.5 Å². The van der Waals surface area contributed by atoms with E-state index >= 15 is 0 Å². The van der Waals surface area contributed by atoms with Gasteiger partial charge in [0.25, 0.3) is 0 Å². The van der Waals surface area contributed by atoms with E-state index in [0.29, 0.717) is 22.5 Å². The molecule has 136 valence electrons. The van der Waals surface area contributed by atoms with Crippen LogP contribution in [0.5, 0.6) is 0 Å². The van der Waals surface area contributed by atoms with Gasteiger partial charge in [-0.2, -0.15) is 0 Å². The standard InChI is InChI=1S/C13H16N3O8P/c1-12(17)8(23-9-10(13(9,12)18)24-25(19,20)21)5-3-22-7-6(5)15-4-16-11(7)14-2/h3-4,8-10,17-18H,1-2H3,(H,14,15,16)(H2,19,20,21)/t8-,9+,10?,12-,13-/m0/s1. The number of nitrogens with zero attached hydrogens (tertiary/aromatic N) is 2. The van der Waals surface area contributed by atoms with E-state index in [1.54, 1.807) is 7.05 Å². The Kier molecular flexibility index (Phi) is 3.36. The van der Waals surface area contributed by atoms with Crippen LogP contribution in [0.15, 0.2) is 17.0 Å². The minimum absolute atomic E-state index is 0.356. The summed E-state index contributed by atoms with van der Waals surface area (Å²) in [6, 6.07) is 0. The summed E-state index contributed by atoms with van der Waals surface area (Å²) in [6.07, 6.45) is -0.797. The number of ether oxygens (including phenoxy) is 1. The van der Waals surface area contributed by atoms with E-state index in [0.717, 1.165) is 0 Å². The van der Waals surface area contributed by atoms with Crippen molar-refractivity contribution in [2.24, 2.45) is 0 Å². The molecule has 0 radical (unpaired) electrons. The number of phosphoric ester groups is 1. The van der Waals surface area contributed by atoms with E-state index in [4.69, 9.17) is 18.9 Å². The zero-order chi connectivity index (χ0) is 18.2. The topological polar surface area (TPSA) is 167 Å². The van der Waals surface area contributed by atoms with Gasteiger partial charge in [0.15, 0.2) is 17.0 Å². The van der Waals surface area contributed by atoms with Crippen molar-refractivity contribution in [1.82, 2.24) is 9.97 Å². The van der Waals surface area contributed by atoms with E-state index < -0.39 is 37.3 Å². The lowest BCUT2D eigenvalue weighted by atomic mass is 9.87. The molecule has 0 amide bonds. The maximum atomic E-state index is 11.0. The summed E-state index contributed by atoms with van der Waals surface area (Å²) in [5, 5.41) is 24.3. The number of hydrogen-bond donors (Lipinski definition) is 5. The summed E-state index contributed by atoms with van der Waals surface area (Å²) >= 11 is 0. The van der Waals surface area contributed by atoms with E-state index in [9.17, 15) is 14.8 Å². The highest BCUT2D eigenvalue weighted by atomic mass is 31.2. The number of furan rings is 1. The summed E-state index contributed by atoms with van der Waals surface area (Å²) in [6.45, 7) is 1.31. The molecule has 0 spiro atoms. The van der Waals surface area contributed by atoms with Crippen molar-refractivity contribution in [3.8, 4) is 0 Å². The molecule has 5 atom stereocenters. The first kappa shape index (κ1) is 16.9. The van der Waals surface area contributed by atoms with Crippen molar-refractivity contribution in [2.75, 3.05) is 12.4 Å². The molecular formula is C13H16N3O8P. The van der Waals surface area contributed by atoms with E-state index in [2.05, 4.69) is 19.8 Å². The van der Waals surface area contributed by atoms with Gasteiger partial charge in [-0.05, 0) is 6.92 Å². The second-order valence-corrected chi connectivity index (χ2v) is 7.46. The Balaban J connectivity index is 1.70. The molecule has 4 rings (SSSR count). The average Bonchev–Trinajstić information content (AvgIpc) is 2.84. The number of aromatic nitrogens is 2. The third-order valence-electron chi connectivity index (χ3n) is 4.79. The van der Waals surface area contributed by atoms with Gasteiger partial charge in [-0.25, -0.2) is 14.5 Å². The molecule has 1 aliphatic carbocycles. The normalized spacial score (nSPS) is 37.3. The zero-order valence-electron chi connectivity index (χ0n) is 13.2. The Bertz CT molecular complexity index is 895. The quantitative estimate of drug-likeness (QED) is 0.445. The minimum atomic E-state index is -4.84. The maximum absolute atomic E-state index is 11.0. The van der Waals surface area contributed by atoms with Gasteiger partial charge in [0.1, 0.15) is 35.8 Å². The molecule has 12 heteroatoms. The van der Waals surface area contributed by atoms with Gasteiger partial charge in [-0.1, -0.05) is 0 Å². The molecule has 0 aromatic carbocycles. The van der Waals surface area contributed by atoms with Crippen LogP contribution in [0, 0.1) is 0 Å². The van der Waals surface area contributed by atoms with E-state index in [1.807, 2.05) is 0 Å². The summed E-state index contributed by atoms with van der Waals surface area (Å²) in [4.78, 5) is 26.0. The van der Waals surface area contributed by atoms with Crippen molar-refractivity contribution >= 4 is 24.7 Å². The van der Waals surface area contributed by atoms with E-state index in [1.165, 1.54) is 19.5 Å². The molecule has 1 saturated heterocycles. The van der Waals surface area contributed by atoms with Crippen molar-refractivity contribution < 1.29 is 38.2 Å². The number of phosphoric acid groups is 1. The second kappa shape index (κ2) is 4.98. The first-order valence-electron chi connectivity index (χ1n) is 7.35. The van der Waals surface area contributed by atoms with Gasteiger partial charge in [0.2, 0.25) is 0 Å². The molecule has 11 nitrogen and oxygen atoms in total. The largest absolute Gasteiger partial charge is 0.470 e. The van der Waals surface area contributed by atoms with Crippen LogP contribution in [0.3, 0.4) is 0 Å². The highest BCUT2D eigenvalue weighted by Gasteiger charge is 2.83. The minimum Gasteiger partial charge on any atom is -0.458 e. The monoisotopic (exact) mass is 373 g/mol. The lowest BCUT2D eigenvalue weighted by Gasteiger charge is -2.31. The van der Waals surface area contributed by atoms with Crippen LogP contribution in [0.4, 0.5) is 5.82 Å². The number of fused-ring (bicyclic) bond motifs is 2. The highest BCUT2D eigenvalue weighted by molar-refractivity contribution is 7.46. The van der Waals surface area contributed by atoms with Gasteiger partial charge >= 0.3 is 7.82 Å². The summed E-state index contributed by atoms with van der Waals surface area (Å²) in [5.74, 6) is 0.445. The lowest BCUT2D eigenvalue weighted by molar-refractivity contribution is -0.132. The summed E-state index contributed by atoms with van der Waals surface area (Å²) in [7, 11) is -3.18. The predicted molar refractivity (Wildman–Crippen MR) is 81.5 cm³/mol. The first-order valence-corrected chi connectivity index (χ1v) is 8.88. The first-order chi connectivity index (χ1) is 11.6. The number of nitrogens with one attached hydrogen (secondary N) is 1. The van der Waals surface area contributed by atoms with Crippen molar-refractivity contribution in [2.45, 2.75) is 36.4 Å². The van der Waals surface area contributed by atoms with Gasteiger partial charge in [-0.3, -0.25) is 4.52 Å². The molecule has 2 aromatic rings. The fourth-order valence-electron chi connectivity index (χ4n) is 3.45. The SMILES string of the molecule is CNc1ncnc2c([C@@H]3O[C@@H]4C(OP(=O)(O)O)[C@]4(O)[C@@]3(C)O)coc12. The van der Waals surface area contributed by atoms with Crippen molar-refractivity contribution in [3.05, 3.63) is 18.2 Å². The fraction of sp³-hybridized carbons (Fsp3) is 0.538. The Morgan fingerprint density at radius 2 is 2.08 bits per heavy atom. The van der Waals surface area contributed by atoms with E-state index in [-0.39, 0.29) is 0 Å². The molecule has 3 heterocycles. The van der Waals surface area contributed by atoms with Crippen molar-refractivity contribution in [1.29, 1.82) is 0 Å². The molecule has 1 aliphatic heterocycles. The number of anilines is 1. The molecular weight excluding hydrogens is 357 g/mol. The van der Waals surface area contributed by atoms with Crippen LogP contribution in [0.2, 0.25) is 0 Å². The molecule has 25 heavy (non-hydrogen) atoms. The number of hydrogen-bond acceptors (Lipinski definition) is 9. The third kappa shape index (κ3) is 2.18. The highest BCUT2D eigenvalue weighted by Crippen LogP contribution is 2.65. The Morgan fingerprint density at radius 1 is 1.36 bits per heavy atom. The van der Waals surface area contributed by atoms with Crippen LogP contribution in [0.1, 0.15) is 18.6 Å². The molecule has 1 unspecified atom stereocenters. The van der Waals surface area contributed by atoms with Gasteiger partial charge in [-0.15, -0.1) is 0 Å². The number of rotatable bonds is 4. The lowest BCUT2D eigenvalue weighted by Crippen LogP contribution is -2.47. The summed E-state index contributed by atoms with van der Waals surface area (Å²) in [5.41, 5.74) is -2.72. The molecule has 2 aliphatic rings. The molecule has 5 N–H and O–H groups in total. The van der Waals surface area contributed by atoms with Gasteiger partial charge in [0.05, 0.1) is 6.26 Å². The number of aliphatic hydroxyl groups is 2. The second-order valence-electron chi connectivity index (χ2n) is 6.27. The molecule has 0 bridgehead atoms. The molecule has 1 saturated carbocycles. The fourth-order valence-corrected chi connectivity index (χ4v) is 4.01. The molecule has 2 aromatic heterocycles. The Labute approximate surface area is 140 Å². The van der Waals surface area contributed by atoms with Crippen LogP contribution in [0.25, 0.3) is 11.1 Å². The molecule has 2 fully saturated rings. The van der Waals surface area contributed by atoms with Crippen LogP contribution in [-0.2, 0) is 13.8 Å². The van der Waals surface area contributed by atoms with Gasteiger partial charge in [0, 0.05) is 12.6 Å². The van der Waals surface area contributed by atoms with Crippen LogP contribution >= 0.6 is 7.82 Å². The Hall–Kier alpha value is -1.59. The van der Waals surface area contributed by atoms with Crippen molar-refractivity contribution in [3.63, 3.8) is 0 Å². The zero-order valence-corrected chi connectivity index (χ0v) is 14.0. The smallest absolute Gasteiger partial charge is 0.458 e. The third-order valence-corrected chi connectivity index (χ3v) is 5.29. The summed E-state index contributed by atoms with van der Waals surface area (Å²) < 4.78 is 26.6. The average molecular weight is 373 g/mol. The van der Waals surface area contributed by atoms with Crippen LogP contribution < -0.4 is 5.32 Å². The maximum Gasteiger partial charge on any atom is 0.470 e. The predicted octanol–water partition coefficient (Wildman–Crippen LogP) is -0.322. The van der Waals surface area contributed by atoms with Crippen LogP contribution in [-0.4, -0.2) is 60.4 Å². The Morgan fingerprint density at radius 3 is 2.64 bits per heavy atom.